The molecule has 27 heavy (non-hydrogen) atoms. The van der Waals surface area contributed by atoms with Crippen LogP contribution in [0.3, 0.4) is 0 Å². The average molecular weight is 438 g/mol. The van der Waals surface area contributed by atoms with Crippen LogP contribution in [0.1, 0.15) is 44.0 Å². The van der Waals surface area contributed by atoms with E-state index in [-0.39, 0.29) is 23.9 Å². The van der Waals surface area contributed by atoms with Crippen LogP contribution in [0.15, 0.2) is 27.3 Å². The molecule has 0 bridgehead atoms. The highest BCUT2D eigenvalue weighted by molar-refractivity contribution is 9.10. The molecule has 0 aliphatic carbocycles. The molecule has 2 aromatic rings. The first-order chi connectivity index (χ1) is 12.9. The van der Waals surface area contributed by atoms with Crippen molar-refractivity contribution in [3.8, 4) is 5.75 Å². The van der Waals surface area contributed by atoms with Gasteiger partial charge in [-0.2, -0.15) is 0 Å². The molecule has 1 amide bonds. The smallest absolute Gasteiger partial charge is 0.310 e. The summed E-state index contributed by atoms with van der Waals surface area (Å²) >= 11 is 3.33. The lowest BCUT2D eigenvalue weighted by Crippen LogP contribution is -2.42. The zero-order chi connectivity index (χ0) is 19.6. The van der Waals surface area contributed by atoms with Gasteiger partial charge in [-0.05, 0) is 61.7 Å². The van der Waals surface area contributed by atoms with Gasteiger partial charge in [0.15, 0.2) is 4.67 Å². The number of likely N-dealkylation sites (tertiary alicyclic amines) is 1. The lowest BCUT2D eigenvalue weighted by atomic mass is 9.97. The van der Waals surface area contributed by atoms with Crippen molar-refractivity contribution in [2.24, 2.45) is 5.92 Å². The first kappa shape index (κ1) is 19.7. The molecule has 0 N–H and O–H groups in total. The highest BCUT2D eigenvalue weighted by atomic mass is 79.9. The number of hydrogen-bond acceptors (Lipinski definition) is 5. The Balaban J connectivity index is 1.87. The number of rotatable bonds is 5. The third-order valence-corrected chi connectivity index (χ3v) is 4.90. The van der Waals surface area contributed by atoms with Gasteiger partial charge in [-0.1, -0.05) is 0 Å². The van der Waals surface area contributed by atoms with E-state index >= 15 is 0 Å². The molecule has 0 radical (unpaired) electrons. The molecule has 0 saturated carbocycles. The Morgan fingerprint density at radius 3 is 2.81 bits per heavy atom. The number of ether oxygens (including phenoxy) is 2. The van der Waals surface area contributed by atoms with Crippen LogP contribution < -0.4 is 4.74 Å². The third kappa shape index (κ3) is 4.46. The topological polar surface area (TPSA) is 69.0 Å². The van der Waals surface area contributed by atoms with E-state index in [0.29, 0.717) is 41.3 Å². The van der Waals surface area contributed by atoms with Gasteiger partial charge in [0.1, 0.15) is 11.3 Å². The summed E-state index contributed by atoms with van der Waals surface area (Å²) in [6.07, 6.45) is 1.49. The predicted molar refractivity (Wildman–Crippen MR) is 105 cm³/mol. The Bertz CT molecular complexity index is 844. The maximum absolute atomic E-state index is 13.1. The fourth-order valence-corrected chi connectivity index (χ4v) is 3.75. The molecule has 1 aliphatic rings. The van der Waals surface area contributed by atoms with E-state index in [1.54, 1.807) is 24.0 Å². The fraction of sp³-hybridized carbons (Fsp3) is 0.500. The number of piperidine rings is 1. The van der Waals surface area contributed by atoms with E-state index in [1.165, 1.54) is 0 Å². The highest BCUT2D eigenvalue weighted by Crippen LogP contribution is 2.34. The van der Waals surface area contributed by atoms with Crippen LogP contribution in [0, 0.1) is 5.92 Å². The lowest BCUT2D eigenvalue weighted by molar-refractivity contribution is -0.149. The lowest BCUT2D eigenvalue weighted by Gasteiger charge is -2.31. The number of furan rings is 1. The fourth-order valence-electron chi connectivity index (χ4n) is 3.35. The molecule has 1 aromatic heterocycles. The normalized spacial score (nSPS) is 17.4. The van der Waals surface area contributed by atoms with Crippen LogP contribution in [-0.4, -0.2) is 42.6 Å². The first-order valence-electron chi connectivity index (χ1n) is 9.24. The van der Waals surface area contributed by atoms with Gasteiger partial charge in [0.05, 0.1) is 24.0 Å². The number of fused-ring (bicyclic) bond motifs is 1. The van der Waals surface area contributed by atoms with Gasteiger partial charge in [0, 0.05) is 24.7 Å². The van der Waals surface area contributed by atoms with Crippen molar-refractivity contribution in [2.45, 2.75) is 39.7 Å². The molecule has 1 atom stereocenters. The van der Waals surface area contributed by atoms with Crippen molar-refractivity contribution < 1.29 is 23.5 Å². The number of benzene rings is 1. The van der Waals surface area contributed by atoms with Crippen molar-refractivity contribution in [1.82, 2.24) is 4.90 Å². The van der Waals surface area contributed by atoms with Gasteiger partial charge in [-0.15, -0.1) is 0 Å². The summed E-state index contributed by atoms with van der Waals surface area (Å²) in [6.45, 7) is 7.00. The third-order valence-electron chi connectivity index (χ3n) is 4.51. The molecular weight excluding hydrogens is 414 g/mol. The first-order valence-corrected chi connectivity index (χ1v) is 10.0. The summed E-state index contributed by atoms with van der Waals surface area (Å²) in [7, 11) is 0. The summed E-state index contributed by atoms with van der Waals surface area (Å²) in [5.41, 5.74) is 1.08. The van der Waals surface area contributed by atoms with Gasteiger partial charge in [-0.3, -0.25) is 9.59 Å². The highest BCUT2D eigenvalue weighted by Gasteiger charge is 2.30. The Hall–Kier alpha value is -2.02. The number of nitrogens with zero attached hydrogens (tertiary/aromatic N) is 1. The quantitative estimate of drug-likeness (QED) is 0.648. The van der Waals surface area contributed by atoms with Gasteiger partial charge in [0.25, 0.3) is 5.91 Å². The zero-order valence-electron chi connectivity index (χ0n) is 15.8. The minimum Gasteiger partial charge on any atom is -0.490 e. The summed E-state index contributed by atoms with van der Waals surface area (Å²) in [5, 5.41) is 0.815. The van der Waals surface area contributed by atoms with E-state index < -0.39 is 0 Å². The SMILES string of the molecule is CCOC(=O)C1CCCN(C(=O)c2cc(OC(C)C)c3cc(Br)oc3c2)C1. The van der Waals surface area contributed by atoms with Crippen LogP contribution in [0.25, 0.3) is 11.0 Å². The van der Waals surface area contributed by atoms with Crippen LogP contribution in [0.5, 0.6) is 5.75 Å². The van der Waals surface area contributed by atoms with Crippen LogP contribution in [0.4, 0.5) is 0 Å². The van der Waals surface area contributed by atoms with E-state index in [0.717, 1.165) is 18.2 Å². The Morgan fingerprint density at radius 2 is 2.11 bits per heavy atom. The molecule has 1 aliphatic heterocycles. The van der Waals surface area contributed by atoms with Crippen LogP contribution >= 0.6 is 15.9 Å². The number of amides is 1. The van der Waals surface area contributed by atoms with E-state index in [9.17, 15) is 9.59 Å². The molecule has 1 aromatic carbocycles. The van der Waals surface area contributed by atoms with E-state index in [4.69, 9.17) is 13.9 Å². The minimum absolute atomic E-state index is 0.0320. The summed E-state index contributed by atoms with van der Waals surface area (Å²) in [5.74, 6) is -0.0222. The molecule has 1 fully saturated rings. The molecule has 6 nitrogen and oxygen atoms in total. The second kappa shape index (κ2) is 8.33. The van der Waals surface area contributed by atoms with E-state index in [2.05, 4.69) is 15.9 Å². The maximum atomic E-state index is 13.1. The number of carbonyl (C=O) groups excluding carboxylic acids is 2. The predicted octanol–water partition coefficient (Wildman–Crippen LogP) is 4.40. The molecule has 1 unspecified atom stereocenters. The monoisotopic (exact) mass is 437 g/mol. The van der Waals surface area contributed by atoms with Crippen LogP contribution in [0.2, 0.25) is 0 Å². The maximum Gasteiger partial charge on any atom is 0.310 e. The van der Waals surface area contributed by atoms with Gasteiger partial charge in [-0.25, -0.2) is 0 Å². The van der Waals surface area contributed by atoms with Crippen molar-refractivity contribution in [1.29, 1.82) is 0 Å². The number of halogens is 1. The van der Waals surface area contributed by atoms with Crippen molar-refractivity contribution in [3.63, 3.8) is 0 Å². The number of carbonyl (C=O) groups is 2. The van der Waals surface area contributed by atoms with Crippen molar-refractivity contribution in [3.05, 3.63) is 28.4 Å². The second-order valence-electron chi connectivity index (χ2n) is 6.95. The Labute approximate surface area is 166 Å². The van der Waals surface area contributed by atoms with Crippen molar-refractivity contribution >= 4 is 38.8 Å². The van der Waals surface area contributed by atoms with Gasteiger partial charge in [0.2, 0.25) is 0 Å². The van der Waals surface area contributed by atoms with Crippen LogP contribution in [-0.2, 0) is 9.53 Å². The van der Waals surface area contributed by atoms with Gasteiger partial charge >= 0.3 is 5.97 Å². The molecule has 2 heterocycles. The summed E-state index contributed by atoms with van der Waals surface area (Å²) in [6, 6.07) is 5.31. The number of hydrogen-bond donors (Lipinski definition) is 0. The zero-order valence-corrected chi connectivity index (χ0v) is 17.4. The van der Waals surface area contributed by atoms with Crippen molar-refractivity contribution in [2.75, 3.05) is 19.7 Å². The summed E-state index contributed by atoms with van der Waals surface area (Å²) < 4.78 is 17.2. The number of esters is 1. The Morgan fingerprint density at radius 1 is 1.33 bits per heavy atom. The molecule has 3 rings (SSSR count). The average Bonchev–Trinajstić information content (AvgIpc) is 3.01. The molecule has 0 spiro atoms. The molecule has 146 valence electrons. The molecule has 1 saturated heterocycles. The summed E-state index contributed by atoms with van der Waals surface area (Å²) in [4.78, 5) is 26.8. The largest absolute Gasteiger partial charge is 0.490 e. The van der Waals surface area contributed by atoms with E-state index in [1.807, 2.05) is 19.9 Å². The Kier molecular flexibility index (Phi) is 6.09. The minimum atomic E-state index is -0.268. The molecular formula is C20H24BrNO5. The second-order valence-corrected chi connectivity index (χ2v) is 7.73. The molecule has 7 heteroatoms. The van der Waals surface area contributed by atoms with Gasteiger partial charge < -0.3 is 18.8 Å². The standard InChI is InChI=1S/C20H24BrNO5/c1-4-25-20(24)13-6-5-7-22(11-13)19(23)14-8-16(26-12(2)3)15-10-18(21)27-17(15)9-14/h8-10,12-13H,4-7,11H2,1-3H3.